The summed E-state index contributed by atoms with van der Waals surface area (Å²) in [4.78, 5) is 14.7. The number of hydrogen-bond acceptors (Lipinski definition) is 3. The molecule has 1 aliphatic rings. The van der Waals surface area contributed by atoms with Crippen LogP contribution in [0.5, 0.6) is 0 Å². The number of aliphatic hydroxyl groups is 2. The predicted molar refractivity (Wildman–Crippen MR) is 106 cm³/mol. The molecule has 0 spiro atoms. The van der Waals surface area contributed by atoms with E-state index in [1.165, 1.54) is 11.3 Å². The monoisotopic (exact) mass is 367 g/mol. The molecule has 1 heterocycles. The lowest BCUT2D eigenvalue weighted by molar-refractivity contribution is -0.117. The second-order valence-electron chi connectivity index (χ2n) is 7.31. The fourth-order valence-corrected chi connectivity index (χ4v) is 4.09. The molecule has 4 nitrogen and oxygen atoms in total. The number of carbonyl (C=O) groups is 1. The molecule has 1 aliphatic heterocycles. The molecule has 3 rings (SSSR count). The molecule has 2 atom stereocenters. The summed E-state index contributed by atoms with van der Waals surface area (Å²) in [7, 11) is 0. The third kappa shape index (κ3) is 3.78. The second-order valence-corrected chi connectivity index (χ2v) is 7.31. The molecule has 0 aromatic heterocycles. The molecule has 0 saturated carbocycles. The van der Waals surface area contributed by atoms with Gasteiger partial charge in [-0.3, -0.25) is 9.69 Å². The number of fused-ring (bicyclic) bond motifs is 1. The molecule has 2 N–H and O–H groups in total. The largest absolute Gasteiger partial charge is 0.394 e. The van der Waals surface area contributed by atoms with Gasteiger partial charge in [0.15, 0.2) is 5.72 Å². The molecule has 2 aromatic rings. The van der Waals surface area contributed by atoms with E-state index < -0.39 is 11.8 Å². The van der Waals surface area contributed by atoms with Crippen molar-refractivity contribution in [1.29, 1.82) is 0 Å². The molecular formula is C23H29NO3. The van der Waals surface area contributed by atoms with E-state index in [-0.39, 0.29) is 12.5 Å². The Morgan fingerprint density at radius 3 is 2.33 bits per heavy atom. The van der Waals surface area contributed by atoms with Gasteiger partial charge >= 0.3 is 0 Å². The van der Waals surface area contributed by atoms with Gasteiger partial charge in [0.05, 0.1) is 12.6 Å². The normalized spacial score (nSPS) is 20.0. The zero-order chi connectivity index (χ0) is 19.3. The van der Waals surface area contributed by atoms with Crippen molar-refractivity contribution in [3.05, 3.63) is 71.3 Å². The van der Waals surface area contributed by atoms with Crippen molar-refractivity contribution >= 4 is 5.91 Å². The van der Waals surface area contributed by atoms with E-state index in [2.05, 4.69) is 6.92 Å². The third-order valence-corrected chi connectivity index (χ3v) is 5.50. The molecule has 2 aromatic carbocycles. The summed E-state index contributed by atoms with van der Waals surface area (Å²) < 4.78 is 0. The number of nitrogens with zero attached hydrogens (tertiary/aromatic N) is 1. The zero-order valence-corrected chi connectivity index (χ0v) is 16.0. The highest BCUT2D eigenvalue weighted by atomic mass is 16.3. The smallest absolute Gasteiger partial charge is 0.257 e. The Morgan fingerprint density at radius 1 is 0.963 bits per heavy atom. The van der Waals surface area contributed by atoms with Gasteiger partial charge in [-0.05, 0) is 24.5 Å². The van der Waals surface area contributed by atoms with Crippen LogP contribution in [0.1, 0.15) is 73.0 Å². The van der Waals surface area contributed by atoms with Crippen LogP contribution in [0.2, 0.25) is 0 Å². The van der Waals surface area contributed by atoms with Crippen LogP contribution < -0.4 is 0 Å². The topological polar surface area (TPSA) is 60.8 Å². The quantitative estimate of drug-likeness (QED) is 0.647. The number of amides is 1. The minimum atomic E-state index is -1.39. The Kier molecular flexibility index (Phi) is 6.30. The average Bonchev–Trinajstić information content (AvgIpc) is 2.92. The summed E-state index contributed by atoms with van der Waals surface area (Å²) in [5.74, 6) is -0.218. The number of benzene rings is 2. The average molecular weight is 367 g/mol. The van der Waals surface area contributed by atoms with Crippen molar-refractivity contribution in [2.75, 3.05) is 6.61 Å². The molecule has 1 amide bonds. The van der Waals surface area contributed by atoms with E-state index in [1.54, 1.807) is 6.07 Å². The first-order valence-corrected chi connectivity index (χ1v) is 9.94. The molecule has 0 bridgehead atoms. The lowest BCUT2D eigenvalue weighted by atomic mass is 9.93. The van der Waals surface area contributed by atoms with Gasteiger partial charge in [0, 0.05) is 11.1 Å². The van der Waals surface area contributed by atoms with E-state index >= 15 is 0 Å². The van der Waals surface area contributed by atoms with E-state index in [4.69, 9.17) is 0 Å². The van der Waals surface area contributed by atoms with Gasteiger partial charge in [-0.2, -0.15) is 0 Å². The van der Waals surface area contributed by atoms with Gasteiger partial charge in [0.1, 0.15) is 0 Å². The SMILES string of the molecule is CCCCCCCC1(O)c2ccccc2C(=O)N1[C@H](CO)c1ccccc1. The van der Waals surface area contributed by atoms with Crippen LogP contribution in [0.4, 0.5) is 0 Å². The van der Waals surface area contributed by atoms with Crippen molar-refractivity contribution < 1.29 is 15.0 Å². The molecule has 0 fully saturated rings. The first-order valence-electron chi connectivity index (χ1n) is 9.94. The molecule has 1 unspecified atom stereocenters. The molecular weight excluding hydrogens is 338 g/mol. The number of hydrogen-bond donors (Lipinski definition) is 2. The number of rotatable bonds is 9. The van der Waals surface area contributed by atoms with Gasteiger partial charge in [-0.25, -0.2) is 0 Å². The van der Waals surface area contributed by atoms with Crippen molar-refractivity contribution in [3.8, 4) is 0 Å². The third-order valence-electron chi connectivity index (χ3n) is 5.50. The highest BCUT2D eigenvalue weighted by Crippen LogP contribution is 2.45. The summed E-state index contributed by atoms with van der Waals surface area (Å²) in [5.41, 5.74) is 0.622. The van der Waals surface area contributed by atoms with Crippen LogP contribution >= 0.6 is 0 Å². The van der Waals surface area contributed by atoms with Crippen LogP contribution in [-0.4, -0.2) is 27.6 Å². The molecule has 0 saturated heterocycles. The standard InChI is InChI=1S/C23H29NO3/c1-2-3-4-5-11-16-23(27)20-15-10-9-14-19(20)22(26)24(23)21(17-25)18-12-7-6-8-13-18/h6-10,12-15,21,25,27H,2-5,11,16-17H2,1H3/t21-,23?/m1/s1. The van der Waals surface area contributed by atoms with Gasteiger partial charge < -0.3 is 10.2 Å². The van der Waals surface area contributed by atoms with Gasteiger partial charge in [0.25, 0.3) is 5.91 Å². The maximum atomic E-state index is 13.2. The Balaban J connectivity index is 1.93. The lowest BCUT2D eigenvalue weighted by Crippen LogP contribution is -2.47. The molecule has 0 aliphatic carbocycles. The minimum absolute atomic E-state index is 0.218. The van der Waals surface area contributed by atoms with Crippen LogP contribution in [0, 0.1) is 0 Å². The maximum Gasteiger partial charge on any atom is 0.257 e. The first kappa shape index (κ1) is 19.6. The fourth-order valence-electron chi connectivity index (χ4n) is 4.09. The molecule has 27 heavy (non-hydrogen) atoms. The Hall–Kier alpha value is -2.17. The fraction of sp³-hybridized carbons (Fsp3) is 0.435. The van der Waals surface area contributed by atoms with Crippen molar-refractivity contribution in [2.45, 2.75) is 57.2 Å². The number of aliphatic hydroxyl groups excluding tert-OH is 1. The Morgan fingerprint density at radius 2 is 1.63 bits per heavy atom. The highest BCUT2D eigenvalue weighted by Gasteiger charge is 2.50. The van der Waals surface area contributed by atoms with Crippen molar-refractivity contribution in [3.63, 3.8) is 0 Å². The highest BCUT2D eigenvalue weighted by molar-refractivity contribution is 6.00. The summed E-state index contributed by atoms with van der Waals surface area (Å²) in [5, 5.41) is 21.8. The van der Waals surface area contributed by atoms with Crippen molar-refractivity contribution in [1.82, 2.24) is 4.90 Å². The van der Waals surface area contributed by atoms with Gasteiger partial charge in [0.2, 0.25) is 0 Å². The van der Waals surface area contributed by atoms with E-state index in [1.807, 2.05) is 48.5 Å². The summed E-state index contributed by atoms with van der Waals surface area (Å²) in [6.45, 7) is 1.94. The van der Waals surface area contributed by atoms with Crippen LogP contribution in [-0.2, 0) is 5.72 Å². The summed E-state index contributed by atoms with van der Waals surface area (Å²) >= 11 is 0. The van der Waals surface area contributed by atoms with Crippen LogP contribution in [0.15, 0.2) is 54.6 Å². The number of carbonyl (C=O) groups excluding carboxylic acids is 1. The summed E-state index contributed by atoms with van der Waals surface area (Å²) in [6.07, 6.45) is 5.81. The Labute approximate surface area is 161 Å². The van der Waals surface area contributed by atoms with Gasteiger partial charge in [-0.1, -0.05) is 81.1 Å². The van der Waals surface area contributed by atoms with E-state index in [9.17, 15) is 15.0 Å². The second kappa shape index (κ2) is 8.68. The molecule has 144 valence electrons. The predicted octanol–water partition coefficient (Wildman–Crippen LogP) is 4.38. The van der Waals surface area contributed by atoms with Crippen LogP contribution in [0.3, 0.4) is 0 Å². The van der Waals surface area contributed by atoms with Crippen molar-refractivity contribution in [2.24, 2.45) is 0 Å². The molecule has 0 radical (unpaired) electrons. The number of unbranched alkanes of at least 4 members (excludes halogenated alkanes) is 4. The van der Waals surface area contributed by atoms with Crippen LogP contribution in [0.25, 0.3) is 0 Å². The first-order chi connectivity index (χ1) is 13.1. The van der Waals surface area contributed by atoms with E-state index in [0.717, 1.165) is 31.2 Å². The molecule has 4 heteroatoms. The lowest BCUT2D eigenvalue weighted by Gasteiger charge is -2.39. The minimum Gasteiger partial charge on any atom is -0.394 e. The zero-order valence-electron chi connectivity index (χ0n) is 16.0. The van der Waals surface area contributed by atoms with Gasteiger partial charge in [-0.15, -0.1) is 0 Å². The van der Waals surface area contributed by atoms with E-state index in [0.29, 0.717) is 17.5 Å². The maximum absolute atomic E-state index is 13.2. The Bertz CT molecular complexity index is 761. The summed E-state index contributed by atoms with van der Waals surface area (Å²) in [6, 6.07) is 16.1.